The van der Waals surface area contributed by atoms with Gasteiger partial charge in [0.25, 0.3) is 6.43 Å². The van der Waals surface area contributed by atoms with Gasteiger partial charge in [0.2, 0.25) is 0 Å². The average molecular weight is 387 g/mol. The lowest BCUT2D eigenvalue weighted by Crippen LogP contribution is -2.11. The summed E-state index contributed by atoms with van der Waals surface area (Å²) in [5, 5.41) is 0.225. The Morgan fingerprint density at radius 3 is 2.72 bits per heavy atom. The highest BCUT2D eigenvalue weighted by molar-refractivity contribution is 9.10. The summed E-state index contributed by atoms with van der Waals surface area (Å²) in [6, 6.07) is 0. The number of carbonyl (C=O) groups excluding carboxylic acids is 1. The lowest BCUT2D eigenvalue weighted by atomic mass is 10.0. The summed E-state index contributed by atoms with van der Waals surface area (Å²) < 4.78 is 30.8. The van der Waals surface area contributed by atoms with E-state index in [1.807, 2.05) is 0 Å². The lowest BCUT2D eigenvalue weighted by molar-refractivity contribution is -0.142. The molecule has 1 aromatic rings. The Labute approximate surface area is 120 Å². The van der Waals surface area contributed by atoms with Crippen molar-refractivity contribution in [2.75, 3.05) is 6.61 Å². The predicted molar refractivity (Wildman–Crippen MR) is 69.9 cm³/mol. The molecule has 3 nitrogen and oxygen atoms in total. The van der Waals surface area contributed by atoms with Crippen LogP contribution in [-0.2, 0) is 21.3 Å². The molecule has 0 spiro atoms. The number of rotatable bonds is 5. The van der Waals surface area contributed by atoms with Crippen molar-refractivity contribution >= 4 is 37.8 Å². The van der Waals surface area contributed by atoms with Crippen molar-refractivity contribution in [3.8, 4) is 0 Å². The largest absolute Gasteiger partial charge is 0.466 e. The number of alkyl halides is 3. The van der Waals surface area contributed by atoms with Gasteiger partial charge in [-0.15, -0.1) is 0 Å². The number of nitrogens with zero attached hydrogens (tertiary/aromatic N) is 1. The summed E-state index contributed by atoms with van der Waals surface area (Å²) >= 11 is 6.15. The van der Waals surface area contributed by atoms with Gasteiger partial charge in [0.05, 0.1) is 18.6 Å². The van der Waals surface area contributed by atoms with Gasteiger partial charge in [-0.3, -0.25) is 4.79 Å². The maximum Gasteiger partial charge on any atom is 0.310 e. The fraction of sp³-hybridized carbons (Fsp3) is 0.455. The quantitative estimate of drug-likeness (QED) is 0.439. The molecule has 0 saturated heterocycles. The van der Waals surface area contributed by atoms with Crippen LogP contribution in [0.2, 0.25) is 0 Å². The Bertz CT molecular complexity index is 441. The van der Waals surface area contributed by atoms with E-state index in [4.69, 9.17) is 4.74 Å². The van der Waals surface area contributed by atoms with Crippen LogP contribution in [0.25, 0.3) is 0 Å². The highest BCUT2D eigenvalue weighted by Crippen LogP contribution is 2.32. The van der Waals surface area contributed by atoms with Crippen molar-refractivity contribution < 1.29 is 18.3 Å². The van der Waals surface area contributed by atoms with Gasteiger partial charge in [0, 0.05) is 11.5 Å². The van der Waals surface area contributed by atoms with Crippen LogP contribution in [0, 0.1) is 0 Å². The second kappa shape index (κ2) is 7.13. The van der Waals surface area contributed by atoms with Gasteiger partial charge < -0.3 is 4.74 Å². The Morgan fingerprint density at radius 2 is 2.22 bits per heavy atom. The fourth-order valence-electron chi connectivity index (χ4n) is 1.48. The van der Waals surface area contributed by atoms with Crippen LogP contribution in [0.4, 0.5) is 8.78 Å². The summed E-state index contributed by atoms with van der Waals surface area (Å²) in [5.74, 6) is -0.455. The molecule has 1 rings (SSSR count). The number of aromatic nitrogens is 1. The summed E-state index contributed by atoms with van der Waals surface area (Å²) in [5.41, 5.74) is 0.637. The molecule has 0 aliphatic heterocycles. The van der Waals surface area contributed by atoms with Gasteiger partial charge in [-0.2, -0.15) is 0 Å². The third-order valence-corrected chi connectivity index (χ3v) is 3.45. The first-order valence-corrected chi connectivity index (χ1v) is 7.08. The standard InChI is InChI=1S/C11H11Br2F2NO2/c1-2-18-8(17)3-6-5-16-10(13)9(11(14)15)7(6)4-12/h5,11H,2-4H2,1H3. The number of carbonyl (C=O) groups is 1. The third kappa shape index (κ3) is 3.71. The van der Waals surface area contributed by atoms with Gasteiger partial charge >= 0.3 is 5.97 Å². The van der Waals surface area contributed by atoms with Crippen molar-refractivity contribution in [1.29, 1.82) is 0 Å². The molecule has 0 aliphatic carbocycles. The topological polar surface area (TPSA) is 39.2 Å². The van der Waals surface area contributed by atoms with E-state index in [-0.39, 0.29) is 28.5 Å². The zero-order valence-corrected chi connectivity index (χ0v) is 12.7. The first-order valence-electron chi connectivity index (χ1n) is 5.17. The molecule has 0 fully saturated rings. The summed E-state index contributed by atoms with van der Waals surface area (Å²) in [7, 11) is 0. The molecule has 0 radical (unpaired) electrons. The first kappa shape index (κ1) is 15.5. The number of hydrogen-bond acceptors (Lipinski definition) is 3. The summed E-state index contributed by atoms with van der Waals surface area (Å²) in [4.78, 5) is 15.2. The van der Waals surface area contributed by atoms with Crippen molar-refractivity contribution in [1.82, 2.24) is 4.98 Å². The molecule has 0 unspecified atom stereocenters. The molecule has 0 N–H and O–H groups in total. The first-order chi connectivity index (χ1) is 8.51. The van der Waals surface area contributed by atoms with Gasteiger partial charge in [0.15, 0.2) is 0 Å². The summed E-state index contributed by atoms with van der Waals surface area (Å²) in [6.07, 6.45) is -1.31. The van der Waals surface area contributed by atoms with Crippen LogP contribution in [0.1, 0.15) is 30.0 Å². The molecule has 1 heterocycles. The number of pyridine rings is 1. The van der Waals surface area contributed by atoms with Crippen molar-refractivity contribution in [2.45, 2.75) is 25.1 Å². The zero-order valence-electron chi connectivity index (χ0n) is 9.55. The highest BCUT2D eigenvalue weighted by atomic mass is 79.9. The van der Waals surface area contributed by atoms with Crippen LogP contribution < -0.4 is 0 Å². The third-order valence-electron chi connectivity index (χ3n) is 2.26. The lowest BCUT2D eigenvalue weighted by Gasteiger charge is -2.13. The Hall–Kier alpha value is -0.560. The zero-order chi connectivity index (χ0) is 13.7. The fourth-order valence-corrected chi connectivity index (χ4v) is 2.66. The molecule has 1 aromatic heterocycles. The normalized spacial score (nSPS) is 10.8. The van der Waals surface area contributed by atoms with Gasteiger partial charge in [-0.1, -0.05) is 15.9 Å². The van der Waals surface area contributed by atoms with Crippen LogP contribution >= 0.6 is 31.9 Å². The maximum atomic E-state index is 12.9. The molecule has 0 aliphatic rings. The molecule has 0 bridgehead atoms. The van der Waals surface area contributed by atoms with Crippen LogP contribution in [-0.4, -0.2) is 17.6 Å². The number of ether oxygens (including phenoxy) is 1. The van der Waals surface area contributed by atoms with Crippen molar-refractivity contribution in [2.24, 2.45) is 0 Å². The number of esters is 1. The average Bonchev–Trinajstić information content (AvgIpc) is 2.30. The van der Waals surface area contributed by atoms with E-state index < -0.39 is 12.4 Å². The monoisotopic (exact) mass is 385 g/mol. The molecule has 0 amide bonds. The number of hydrogen-bond donors (Lipinski definition) is 0. The molecular formula is C11H11Br2F2NO2. The van der Waals surface area contributed by atoms with E-state index >= 15 is 0 Å². The molecule has 0 saturated carbocycles. The molecule has 18 heavy (non-hydrogen) atoms. The molecule has 100 valence electrons. The van der Waals surface area contributed by atoms with Crippen molar-refractivity contribution in [3.63, 3.8) is 0 Å². The minimum Gasteiger partial charge on any atom is -0.466 e. The van der Waals surface area contributed by atoms with E-state index in [2.05, 4.69) is 36.8 Å². The van der Waals surface area contributed by atoms with Gasteiger partial charge in [-0.25, -0.2) is 13.8 Å². The Balaban J connectivity index is 3.13. The highest BCUT2D eigenvalue weighted by Gasteiger charge is 2.21. The van der Waals surface area contributed by atoms with E-state index in [0.29, 0.717) is 11.1 Å². The van der Waals surface area contributed by atoms with E-state index in [1.165, 1.54) is 6.20 Å². The molecule has 0 aromatic carbocycles. The Kier molecular flexibility index (Phi) is 6.14. The van der Waals surface area contributed by atoms with E-state index in [0.717, 1.165) is 0 Å². The van der Waals surface area contributed by atoms with Crippen molar-refractivity contribution in [3.05, 3.63) is 27.5 Å². The molecular weight excluding hydrogens is 376 g/mol. The maximum absolute atomic E-state index is 12.9. The minimum absolute atomic E-state index is 0.0607. The number of halogens is 4. The SMILES string of the molecule is CCOC(=O)Cc1cnc(Br)c(C(F)F)c1CBr. The second-order valence-corrected chi connectivity index (χ2v) is 4.69. The minimum atomic E-state index is -2.65. The smallest absolute Gasteiger partial charge is 0.310 e. The van der Waals surface area contributed by atoms with E-state index in [9.17, 15) is 13.6 Å². The van der Waals surface area contributed by atoms with Crippen LogP contribution in [0.5, 0.6) is 0 Å². The molecule has 0 atom stereocenters. The second-order valence-electron chi connectivity index (χ2n) is 3.38. The van der Waals surface area contributed by atoms with E-state index in [1.54, 1.807) is 6.92 Å². The Morgan fingerprint density at radius 1 is 1.56 bits per heavy atom. The summed E-state index contributed by atoms with van der Waals surface area (Å²) in [6.45, 7) is 1.95. The van der Waals surface area contributed by atoms with Gasteiger partial charge in [-0.05, 0) is 34.0 Å². The molecule has 7 heteroatoms. The predicted octanol–water partition coefficient (Wildman–Crippen LogP) is 3.78. The van der Waals surface area contributed by atoms with Gasteiger partial charge in [0.1, 0.15) is 4.60 Å². The van der Waals surface area contributed by atoms with Crippen LogP contribution in [0.3, 0.4) is 0 Å². The van der Waals surface area contributed by atoms with Crippen LogP contribution in [0.15, 0.2) is 10.8 Å².